The summed E-state index contributed by atoms with van der Waals surface area (Å²) >= 11 is 0. The van der Waals surface area contributed by atoms with Crippen LogP contribution in [0.3, 0.4) is 0 Å². The Labute approximate surface area is 113 Å². The zero-order chi connectivity index (χ0) is 13.3. The monoisotopic (exact) mass is 252 g/mol. The van der Waals surface area contributed by atoms with Crippen molar-refractivity contribution in [1.29, 1.82) is 0 Å². The third kappa shape index (κ3) is 3.27. The molecule has 18 heavy (non-hydrogen) atoms. The van der Waals surface area contributed by atoms with Crippen LogP contribution in [0.2, 0.25) is 0 Å². The van der Waals surface area contributed by atoms with Gasteiger partial charge in [0.2, 0.25) is 0 Å². The molecule has 1 heterocycles. The molecule has 0 aromatic rings. The Hall–Kier alpha value is -0.0800. The van der Waals surface area contributed by atoms with Crippen LogP contribution in [0.25, 0.3) is 0 Å². The van der Waals surface area contributed by atoms with Gasteiger partial charge in [-0.05, 0) is 42.4 Å². The molecule has 2 N–H and O–H groups in total. The SMILES string of the molecule is CC1CC(C)CN(CC2CCCC(C)(C)C2N)C1. The van der Waals surface area contributed by atoms with Gasteiger partial charge in [0.15, 0.2) is 0 Å². The zero-order valence-electron chi connectivity index (χ0n) is 12.8. The van der Waals surface area contributed by atoms with Crippen molar-refractivity contribution in [2.45, 2.75) is 59.4 Å². The van der Waals surface area contributed by atoms with E-state index in [-0.39, 0.29) is 0 Å². The third-order valence-electron chi connectivity index (χ3n) is 5.24. The van der Waals surface area contributed by atoms with Crippen molar-refractivity contribution in [3.63, 3.8) is 0 Å². The second-order valence-corrected chi connectivity index (χ2v) is 7.83. The molecular formula is C16H32N2. The first kappa shape index (κ1) is 14.3. The molecule has 1 aliphatic heterocycles. The molecule has 1 saturated heterocycles. The molecule has 106 valence electrons. The van der Waals surface area contributed by atoms with Crippen LogP contribution in [0.5, 0.6) is 0 Å². The molecule has 0 spiro atoms. The first-order valence-electron chi connectivity index (χ1n) is 7.86. The Morgan fingerprint density at radius 1 is 1.17 bits per heavy atom. The number of nitrogens with zero attached hydrogens (tertiary/aromatic N) is 1. The van der Waals surface area contributed by atoms with Crippen LogP contribution in [0, 0.1) is 23.2 Å². The first-order valence-corrected chi connectivity index (χ1v) is 7.86. The Morgan fingerprint density at radius 2 is 1.78 bits per heavy atom. The standard InChI is InChI=1S/C16H32N2/c1-12-8-13(2)10-18(9-12)11-14-6-5-7-16(3,4)15(14)17/h12-15H,5-11,17H2,1-4H3. The van der Waals surface area contributed by atoms with Gasteiger partial charge in [0, 0.05) is 25.7 Å². The summed E-state index contributed by atoms with van der Waals surface area (Å²) in [6.45, 7) is 13.3. The lowest BCUT2D eigenvalue weighted by Gasteiger charge is -2.45. The van der Waals surface area contributed by atoms with E-state index in [0.717, 1.165) is 11.8 Å². The summed E-state index contributed by atoms with van der Waals surface area (Å²) in [6, 6.07) is 0.388. The highest BCUT2D eigenvalue weighted by molar-refractivity contribution is 4.93. The number of hydrogen-bond acceptors (Lipinski definition) is 2. The van der Waals surface area contributed by atoms with Crippen molar-refractivity contribution in [2.75, 3.05) is 19.6 Å². The van der Waals surface area contributed by atoms with Gasteiger partial charge in [-0.3, -0.25) is 0 Å². The average molecular weight is 252 g/mol. The normalized spacial score (nSPS) is 41.8. The Kier molecular flexibility index (Phi) is 4.38. The van der Waals surface area contributed by atoms with Gasteiger partial charge in [-0.2, -0.15) is 0 Å². The van der Waals surface area contributed by atoms with E-state index in [0.29, 0.717) is 17.4 Å². The van der Waals surface area contributed by atoms with Crippen LogP contribution < -0.4 is 5.73 Å². The molecule has 1 saturated carbocycles. The summed E-state index contributed by atoms with van der Waals surface area (Å²) < 4.78 is 0. The lowest BCUT2D eigenvalue weighted by molar-refractivity contribution is 0.0699. The second kappa shape index (κ2) is 5.50. The highest BCUT2D eigenvalue weighted by Gasteiger charge is 2.37. The molecule has 2 aliphatic rings. The second-order valence-electron chi connectivity index (χ2n) is 7.83. The van der Waals surface area contributed by atoms with Crippen LogP contribution in [-0.4, -0.2) is 30.6 Å². The van der Waals surface area contributed by atoms with Gasteiger partial charge in [0.25, 0.3) is 0 Å². The van der Waals surface area contributed by atoms with E-state index in [4.69, 9.17) is 5.73 Å². The van der Waals surface area contributed by atoms with Crippen LogP contribution in [0.4, 0.5) is 0 Å². The van der Waals surface area contributed by atoms with E-state index in [2.05, 4.69) is 32.6 Å². The molecule has 0 radical (unpaired) electrons. The van der Waals surface area contributed by atoms with Crippen molar-refractivity contribution in [3.05, 3.63) is 0 Å². The number of rotatable bonds is 2. The summed E-state index contributed by atoms with van der Waals surface area (Å²) in [6.07, 6.45) is 5.41. The summed E-state index contributed by atoms with van der Waals surface area (Å²) in [5, 5.41) is 0. The van der Waals surface area contributed by atoms with Crippen LogP contribution in [-0.2, 0) is 0 Å². The van der Waals surface area contributed by atoms with E-state index in [1.165, 1.54) is 45.3 Å². The van der Waals surface area contributed by atoms with E-state index in [1.54, 1.807) is 0 Å². The van der Waals surface area contributed by atoms with Crippen LogP contribution in [0.1, 0.15) is 53.4 Å². The lowest BCUT2D eigenvalue weighted by Crippen LogP contribution is -2.52. The minimum absolute atomic E-state index is 0.343. The topological polar surface area (TPSA) is 29.3 Å². The Balaban J connectivity index is 1.92. The molecule has 0 aromatic heterocycles. The number of piperidine rings is 1. The number of likely N-dealkylation sites (tertiary alicyclic amines) is 1. The molecule has 0 amide bonds. The fourth-order valence-corrected chi connectivity index (χ4v) is 4.28. The van der Waals surface area contributed by atoms with Crippen molar-refractivity contribution in [2.24, 2.45) is 28.9 Å². The van der Waals surface area contributed by atoms with Crippen molar-refractivity contribution >= 4 is 0 Å². The minimum atomic E-state index is 0.343. The maximum absolute atomic E-state index is 6.52. The number of nitrogens with two attached hydrogens (primary N) is 1. The fraction of sp³-hybridized carbons (Fsp3) is 1.00. The fourth-order valence-electron chi connectivity index (χ4n) is 4.28. The van der Waals surface area contributed by atoms with Crippen LogP contribution >= 0.6 is 0 Å². The summed E-state index contributed by atoms with van der Waals surface area (Å²) in [5.41, 5.74) is 6.86. The average Bonchev–Trinajstić information content (AvgIpc) is 2.23. The molecule has 4 atom stereocenters. The number of hydrogen-bond donors (Lipinski definition) is 1. The van der Waals surface area contributed by atoms with Crippen molar-refractivity contribution in [1.82, 2.24) is 4.90 Å². The molecule has 0 aromatic carbocycles. The molecule has 4 unspecified atom stereocenters. The predicted molar refractivity (Wildman–Crippen MR) is 78.5 cm³/mol. The molecular weight excluding hydrogens is 220 g/mol. The quantitative estimate of drug-likeness (QED) is 0.818. The Morgan fingerprint density at radius 3 is 2.39 bits per heavy atom. The maximum atomic E-state index is 6.52. The minimum Gasteiger partial charge on any atom is -0.327 e. The predicted octanol–water partition coefficient (Wildman–Crippen LogP) is 3.12. The highest BCUT2D eigenvalue weighted by Crippen LogP contribution is 2.38. The largest absolute Gasteiger partial charge is 0.327 e. The van der Waals surface area contributed by atoms with Crippen LogP contribution in [0.15, 0.2) is 0 Å². The highest BCUT2D eigenvalue weighted by atomic mass is 15.1. The van der Waals surface area contributed by atoms with Crippen molar-refractivity contribution < 1.29 is 0 Å². The summed E-state index contributed by atoms with van der Waals surface area (Å²) in [4.78, 5) is 2.69. The van der Waals surface area contributed by atoms with Gasteiger partial charge in [-0.25, -0.2) is 0 Å². The van der Waals surface area contributed by atoms with E-state index in [9.17, 15) is 0 Å². The van der Waals surface area contributed by atoms with Gasteiger partial charge in [0.1, 0.15) is 0 Å². The van der Waals surface area contributed by atoms with E-state index >= 15 is 0 Å². The maximum Gasteiger partial charge on any atom is 0.0131 e. The lowest BCUT2D eigenvalue weighted by atomic mass is 9.68. The molecule has 2 nitrogen and oxygen atoms in total. The summed E-state index contributed by atoms with van der Waals surface area (Å²) in [5.74, 6) is 2.44. The first-order chi connectivity index (χ1) is 8.38. The summed E-state index contributed by atoms with van der Waals surface area (Å²) in [7, 11) is 0. The smallest absolute Gasteiger partial charge is 0.0131 e. The molecule has 0 bridgehead atoms. The van der Waals surface area contributed by atoms with Crippen molar-refractivity contribution in [3.8, 4) is 0 Å². The van der Waals surface area contributed by atoms with Gasteiger partial charge < -0.3 is 10.6 Å². The zero-order valence-corrected chi connectivity index (χ0v) is 12.8. The van der Waals surface area contributed by atoms with Gasteiger partial charge >= 0.3 is 0 Å². The van der Waals surface area contributed by atoms with Gasteiger partial charge in [-0.15, -0.1) is 0 Å². The van der Waals surface area contributed by atoms with Gasteiger partial charge in [0.05, 0.1) is 0 Å². The van der Waals surface area contributed by atoms with E-state index < -0.39 is 0 Å². The third-order valence-corrected chi connectivity index (χ3v) is 5.24. The van der Waals surface area contributed by atoms with Gasteiger partial charge in [-0.1, -0.05) is 34.1 Å². The molecule has 2 heteroatoms. The molecule has 2 fully saturated rings. The molecule has 2 rings (SSSR count). The Bertz CT molecular complexity index is 264. The molecule has 1 aliphatic carbocycles. The van der Waals surface area contributed by atoms with E-state index in [1.807, 2.05) is 0 Å².